The van der Waals surface area contributed by atoms with Crippen LogP contribution < -0.4 is 9.47 Å². The molecule has 0 aliphatic rings. The number of rotatable bonds is 6. The van der Waals surface area contributed by atoms with Crippen LogP contribution in [0.25, 0.3) is 0 Å². The van der Waals surface area contributed by atoms with Crippen LogP contribution in [0.1, 0.15) is 29.9 Å². The molecule has 1 aromatic carbocycles. The Morgan fingerprint density at radius 2 is 2.10 bits per heavy atom. The maximum absolute atomic E-state index is 11.5. The lowest BCUT2D eigenvalue weighted by Crippen LogP contribution is -2.04. The average Bonchev–Trinajstić information content (AvgIpc) is 2.96. The van der Waals surface area contributed by atoms with E-state index in [1.165, 1.54) is 6.26 Å². The summed E-state index contributed by atoms with van der Waals surface area (Å²) in [6, 6.07) is 5.57. The highest BCUT2D eigenvalue weighted by Crippen LogP contribution is 2.32. The number of oxazole rings is 1. The van der Waals surface area contributed by atoms with Crippen molar-refractivity contribution in [1.82, 2.24) is 4.98 Å². The van der Waals surface area contributed by atoms with E-state index in [2.05, 4.69) is 11.9 Å². The van der Waals surface area contributed by atoms with Crippen LogP contribution in [0.15, 0.2) is 28.9 Å². The number of nitrogens with zero attached hydrogens (tertiary/aromatic N) is 1. The van der Waals surface area contributed by atoms with Crippen LogP contribution >= 0.6 is 0 Å². The van der Waals surface area contributed by atoms with Gasteiger partial charge in [0.2, 0.25) is 0 Å². The first-order chi connectivity index (χ1) is 10.2. The molecule has 0 amide bonds. The monoisotopic (exact) mass is 291 g/mol. The lowest BCUT2D eigenvalue weighted by atomic mass is 10.1. The number of esters is 1. The Kier molecular flexibility index (Phi) is 4.81. The van der Waals surface area contributed by atoms with E-state index in [9.17, 15) is 4.79 Å². The Labute approximate surface area is 122 Å². The van der Waals surface area contributed by atoms with E-state index in [1.54, 1.807) is 20.1 Å². The van der Waals surface area contributed by atoms with Crippen LogP contribution in [0.2, 0.25) is 0 Å². The first-order valence-electron chi connectivity index (χ1n) is 6.65. The molecular weight excluding hydrogens is 274 g/mol. The summed E-state index contributed by atoms with van der Waals surface area (Å²) in [7, 11) is 1.56. The molecule has 0 fully saturated rings. The molecule has 2 rings (SSSR count). The molecule has 0 saturated carbocycles. The van der Waals surface area contributed by atoms with E-state index in [0.29, 0.717) is 11.5 Å². The van der Waals surface area contributed by atoms with Gasteiger partial charge in [-0.2, -0.15) is 4.98 Å². The average molecular weight is 291 g/mol. The van der Waals surface area contributed by atoms with Crippen molar-refractivity contribution in [2.75, 3.05) is 13.7 Å². The van der Waals surface area contributed by atoms with Crippen LogP contribution in [0.3, 0.4) is 0 Å². The number of carbonyl (C=O) groups excluding carboxylic acids is 1. The third-order valence-electron chi connectivity index (χ3n) is 2.80. The zero-order valence-electron chi connectivity index (χ0n) is 12.2. The predicted octanol–water partition coefficient (Wildman–Crippen LogP) is 3.21. The molecule has 6 nitrogen and oxygen atoms in total. The highest BCUT2D eigenvalue weighted by molar-refractivity contribution is 5.86. The number of methoxy groups -OCH3 is 1. The molecule has 0 aliphatic heterocycles. The second-order valence-corrected chi connectivity index (χ2v) is 4.16. The Morgan fingerprint density at radius 3 is 2.76 bits per heavy atom. The normalized spacial score (nSPS) is 10.2. The number of hydrogen-bond acceptors (Lipinski definition) is 6. The molecule has 1 aromatic heterocycles. The largest absolute Gasteiger partial charge is 0.493 e. The molecule has 6 heteroatoms. The summed E-state index contributed by atoms with van der Waals surface area (Å²) in [5, 5.41) is 0. The molecule has 0 N–H and O–H groups in total. The summed E-state index contributed by atoms with van der Waals surface area (Å²) in [5.41, 5.74) is 1.19. The van der Waals surface area contributed by atoms with E-state index < -0.39 is 5.97 Å². The molecule has 2 aromatic rings. The molecule has 1 heterocycles. The van der Waals surface area contributed by atoms with E-state index in [0.717, 1.165) is 12.0 Å². The number of aromatic nitrogens is 1. The van der Waals surface area contributed by atoms with Gasteiger partial charge in [0.1, 0.15) is 6.26 Å². The summed E-state index contributed by atoms with van der Waals surface area (Å²) in [4.78, 5) is 15.4. The van der Waals surface area contributed by atoms with Gasteiger partial charge in [0.05, 0.1) is 13.7 Å². The predicted molar refractivity (Wildman–Crippen MR) is 74.9 cm³/mol. The fourth-order valence-corrected chi connectivity index (χ4v) is 1.71. The van der Waals surface area contributed by atoms with E-state index in [1.807, 2.05) is 12.1 Å². The van der Waals surface area contributed by atoms with Gasteiger partial charge >= 0.3 is 12.0 Å². The number of hydrogen-bond donors (Lipinski definition) is 0. The lowest BCUT2D eigenvalue weighted by Gasteiger charge is -2.08. The van der Waals surface area contributed by atoms with Crippen molar-refractivity contribution < 1.29 is 23.4 Å². The molecule has 112 valence electrons. The Hall–Kier alpha value is -2.50. The van der Waals surface area contributed by atoms with E-state index in [4.69, 9.17) is 18.6 Å². The number of ether oxygens (including phenoxy) is 3. The van der Waals surface area contributed by atoms with Crippen molar-refractivity contribution in [3.05, 3.63) is 35.7 Å². The quantitative estimate of drug-likeness (QED) is 0.761. The lowest BCUT2D eigenvalue weighted by molar-refractivity contribution is 0.0519. The third kappa shape index (κ3) is 3.53. The van der Waals surface area contributed by atoms with Crippen LogP contribution in [0, 0.1) is 0 Å². The standard InChI is InChI=1S/C15H17NO5/c1-4-10-6-7-12(13(8-10)18-3)21-15-16-11(9-20-15)14(17)19-5-2/h6-9H,4-5H2,1-3H3. The van der Waals surface area contributed by atoms with Crippen molar-refractivity contribution >= 4 is 5.97 Å². The molecule has 0 saturated heterocycles. The van der Waals surface area contributed by atoms with Crippen LogP contribution in [0.5, 0.6) is 17.6 Å². The molecule has 0 unspecified atom stereocenters. The Morgan fingerprint density at radius 1 is 1.29 bits per heavy atom. The third-order valence-corrected chi connectivity index (χ3v) is 2.80. The number of aryl methyl sites for hydroxylation is 1. The highest BCUT2D eigenvalue weighted by atomic mass is 16.6. The summed E-state index contributed by atoms with van der Waals surface area (Å²) >= 11 is 0. The summed E-state index contributed by atoms with van der Waals surface area (Å²) in [5.74, 6) is 0.488. The fourth-order valence-electron chi connectivity index (χ4n) is 1.71. The van der Waals surface area contributed by atoms with Crippen molar-refractivity contribution in [3.8, 4) is 17.6 Å². The first-order valence-corrected chi connectivity index (χ1v) is 6.65. The zero-order valence-corrected chi connectivity index (χ0v) is 12.2. The minimum atomic E-state index is -0.551. The summed E-state index contributed by atoms with van der Waals surface area (Å²) in [6.45, 7) is 4.04. The SMILES string of the molecule is CCOC(=O)c1coc(Oc2ccc(CC)cc2OC)n1. The van der Waals surface area contributed by atoms with Gasteiger partial charge in [-0.25, -0.2) is 4.79 Å². The van der Waals surface area contributed by atoms with Crippen molar-refractivity contribution in [3.63, 3.8) is 0 Å². The smallest absolute Gasteiger partial charge is 0.400 e. The molecule has 0 spiro atoms. The molecule has 0 radical (unpaired) electrons. The number of benzene rings is 1. The second-order valence-electron chi connectivity index (χ2n) is 4.16. The van der Waals surface area contributed by atoms with Gasteiger partial charge in [0.15, 0.2) is 17.2 Å². The van der Waals surface area contributed by atoms with E-state index in [-0.39, 0.29) is 18.4 Å². The van der Waals surface area contributed by atoms with Gasteiger partial charge in [-0.3, -0.25) is 0 Å². The molecule has 21 heavy (non-hydrogen) atoms. The number of carbonyl (C=O) groups is 1. The molecule has 0 aliphatic carbocycles. The van der Waals surface area contributed by atoms with Gasteiger partial charge in [-0.15, -0.1) is 0 Å². The van der Waals surface area contributed by atoms with Crippen molar-refractivity contribution in [2.24, 2.45) is 0 Å². The minimum absolute atomic E-state index is 0.0411. The van der Waals surface area contributed by atoms with Crippen LogP contribution in [0.4, 0.5) is 0 Å². The second kappa shape index (κ2) is 6.78. The van der Waals surface area contributed by atoms with Crippen LogP contribution in [-0.4, -0.2) is 24.7 Å². The van der Waals surface area contributed by atoms with Gasteiger partial charge < -0.3 is 18.6 Å². The maximum atomic E-state index is 11.5. The molecule has 0 atom stereocenters. The Bertz CT molecular complexity index is 620. The van der Waals surface area contributed by atoms with Gasteiger partial charge in [0, 0.05) is 0 Å². The summed E-state index contributed by atoms with van der Waals surface area (Å²) in [6.07, 6.45) is 2.05. The molecule has 0 bridgehead atoms. The zero-order chi connectivity index (χ0) is 15.2. The van der Waals surface area contributed by atoms with Gasteiger partial charge in [-0.05, 0) is 31.0 Å². The van der Waals surface area contributed by atoms with Gasteiger partial charge in [0.25, 0.3) is 0 Å². The van der Waals surface area contributed by atoms with Gasteiger partial charge in [-0.1, -0.05) is 13.0 Å². The Balaban J connectivity index is 2.16. The minimum Gasteiger partial charge on any atom is -0.493 e. The molecular formula is C15H17NO5. The summed E-state index contributed by atoms with van der Waals surface area (Å²) < 4.78 is 20.7. The maximum Gasteiger partial charge on any atom is 0.400 e. The van der Waals surface area contributed by atoms with Crippen molar-refractivity contribution in [2.45, 2.75) is 20.3 Å². The van der Waals surface area contributed by atoms with Crippen LogP contribution in [-0.2, 0) is 11.2 Å². The fraction of sp³-hybridized carbons (Fsp3) is 0.333. The topological polar surface area (TPSA) is 70.8 Å². The van der Waals surface area contributed by atoms with Crippen molar-refractivity contribution in [1.29, 1.82) is 0 Å². The highest BCUT2D eigenvalue weighted by Gasteiger charge is 2.16. The first kappa shape index (κ1) is 14.9. The van der Waals surface area contributed by atoms with E-state index >= 15 is 0 Å².